The number of benzene rings is 1. The average Bonchev–Trinajstić information content (AvgIpc) is 2.77. The molecule has 0 spiro atoms. The van der Waals surface area contributed by atoms with Crippen molar-refractivity contribution in [2.45, 2.75) is 11.3 Å². The lowest BCUT2D eigenvalue weighted by Gasteiger charge is -2.01. The van der Waals surface area contributed by atoms with Gasteiger partial charge in [0, 0.05) is 16.5 Å². The van der Waals surface area contributed by atoms with Crippen LogP contribution in [0.5, 0.6) is 0 Å². The van der Waals surface area contributed by atoms with Crippen molar-refractivity contribution < 1.29 is 0 Å². The van der Waals surface area contributed by atoms with Gasteiger partial charge in [-0.2, -0.15) is 0 Å². The van der Waals surface area contributed by atoms with Crippen LogP contribution in [-0.2, 0) is 0 Å². The Bertz CT molecular complexity index is 537. The second-order valence-electron chi connectivity index (χ2n) is 3.67. The van der Waals surface area contributed by atoms with Crippen LogP contribution in [-0.4, -0.2) is 16.0 Å². The molecular formula is C12H12ClN3S2. The molecule has 18 heavy (non-hydrogen) atoms. The van der Waals surface area contributed by atoms with Gasteiger partial charge in [-0.25, -0.2) is 0 Å². The molecule has 0 unspecified atom stereocenters. The topological polar surface area (TPSA) is 37.8 Å². The largest absolute Gasteiger partial charge is 0.330 e. The number of hydrogen-bond acceptors (Lipinski definition) is 5. The Morgan fingerprint density at radius 1 is 1.39 bits per heavy atom. The second kappa shape index (κ2) is 6.22. The summed E-state index contributed by atoms with van der Waals surface area (Å²) in [5.74, 6) is 0.653. The third-order valence-corrected chi connectivity index (χ3v) is 4.41. The lowest BCUT2D eigenvalue weighted by Crippen LogP contribution is -1.88. The van der Waals surface area contributed by atoms with Gasteiger partial charge in [0.2, 0.25) is 5.13 Å². The molecule has 1 heterocycles. The van der Waals surface area contributed by atoms with Gasteiger partial charge >= 0.3 is 0 Å². The van der Waals surface area contributed by atoms with Gasteiger partial charge in [-0.15, -0.1) is 10.2 Å². The summed E-state index contributed by atoms with van der Waals surface area (Å²) in [6.07, 6.45) is 0. The lowest BCUT2D eigenvalue weighted by molar-refractivity contribution is 1.01. The molecule has 0 fully saturated rings. The Hall–Kier alpha value is -1.04. The third kappa shape index (κ3) is 4.01. The van der Waals surface area contributed by atoms with Gasteiger partial charge in [0.05, 0.1) is 0 Å². The molecule has 0 bridgehead atoms. The normalized spacial score (nSPS) is 10.3. The fourth-order valence-corrected chi connectivity index (χ4v) is 2.91. The van der Waals surface area contributed by atoms with Gasteiger partial charge in [-0.1, -0.05) is 59.0 Å². The summed E-state index contributed by atoms with van der Waals surface area (Å²) in [5, 5.41) is 12.8. The molecule has 0 amide bonds. The first kappa shape index (κ1) is 13.4. The summed E-state index contributed by atoms with van der Waals surface area (Å²) in [6, 6.07) is 8.14. The number of thioether (sulfide) groups is 1. The SMILES string of the molecule is C=C(Cl)CSc1nnc(Nc2ccc(C)cc2)s1. The van der Waals surface area contributed by atoms with Crippen molar-refractivity contribution in [2.24, 2.45) is 0 Å². The summed E-state index contributed by atoms with van der Waals surface area (Å²) in [7, 11) is 0. The minimum Gasteiger partial charge on any atom is -0.330 e. The molecule has 0 atom stereocenters. The molecule has 0 aliphatic heterocycles. The van der Waals surface area contributed by atoms with Crippen LogP contribution < -0.4 is 5.32 Å². The average molecular weight is 298 g/mol. The van der Waals surface area contributed by atoms with Crippen LogP contribution in [0.3, 0.4) is 0 Å². The molecule has 94 valence electrons. The maximum absolute atomic E-state index is 5.70. The molecule has 0 aliphatic rings. The lowest BCUT2D eigenvalue weighted by atomic mass is 10.2. The van der Waals surface area contributed by atoms with E-state index in [9.17, 15) is 0 Å². The Labute approximate surface area is 119 Å². The van der Waals surface area contributed by atoms with E-state index in [1.807, 2.05) is 12.1 Å². The molecule has 0 radical (unpaired) electrons. The van der Waals surface area contributed by atoms with Crippen molar-refractivity contribution in [3.05, 3.63) is 41.4 Å². The minimum absolute atomic E-state index is 0.614. The highest BCUT2D eigenvalue weighted by Crippen LogP contribution is 2.29. The summed E-state index contributed by atoms with van der Waals surface area (Å²) < 4.78 is 0.881. The van der Waals surface area contributed by atoms with Gasteiger partial charge in [0.15, 0.2) is 4.34 Å². The fourth-order valence-electron chi connectivity index (χ4n) is 1.22. The fraction of sp³-hybridized carbons (Fsp3) is 0.167. The van der Waals surface area contributed by atoms with Crippen LogP contribution in [0.25, 0.3) is 0 Å². The zero-order chi connectivity index (χ0) is 13.0. The van der Waals surface area contributed by atoms with E-state index in [0.29, 0.717) is 10.8 Å². The molecule has 2 aromatic rings. The molecule has 2 rings (SSSR count). The molecule has 3 nitrogen and oxygen atoms in total. The second-order valence-corrected chi connectivity index (χ2v) is 6.40. The summed E-state index contributed by atoms with van der Waals surface area (Å²) in [6.45, 7) is 5.70. The summed E-state index contributed by atoms with van der Waals surface area (Å²) >= 11 is 8.74. The third-order valence-electron chi connectivity index (χ3n) is 2.06. The first-order valence-electron chi connectivity index (χ1n) is 5.27. The molecule has 0 saturated carbocycles. The van der Waals surface area contributed by atoms with E-state index in [1.54, 1.807) is 0 Å². The Kier molecular flexibility index (Phi) is 4.63. The molecule has 1 aromatic heterocycles. The smallest absolute Gasteiger partial charge is 0.210 e. The number of aromatic nitrogens is 2. The van der Waals surface area contributed by atoms with E-state index in [2.05, 4.69) is 41.1 Å². The van der Waals surface area contributed by atoms with Crippen molar-refractivity contribution in [2.75, 3.05) is 11.1 Å². The predicted molar refractivity (Wildman–Crippen MR) is 80.1 cm³/mol. The highest BCUT2D eigenvalue weighted by Gasteiger charge is 2.05. The van der Waals surface area contributed by atoms with Gasteiger partial charge in [0.25, 0.3) is 0 Å². The highest BCUT2D eigenvalue weighted by atomic mass is 35.5. The summed E-state index contributed by atoms with van der Waals surface area (Å²) in [5.41, 5.74) is 2.24. The molecule has 1 aromatic carbocycles. The van der Waals surface area contributed by atoms with Crippen LogP contribution in [0, 0.1) is 6.92 Å². The van der Waals surface area contributed by atoms with Crippen molar-refractivity contribution >= 4 is 45.5 Å². The van der Waals surface area contributed by atoms with Gasteiger partial charge < -0.3 is 5.32 Å². The van der Waals surface area contributed by atoms with E-state index in [-0.39, 0.29) is 0 Å². The number of anilines is 2. The van der Waals surface area contributed by atoms with Crippen LogP contribution >= 0.6 is 34.7 Å². The number of aryl methyl sites for hydroxylation is 1. The number of nitrogens with zero attached hydrogens (tertiary/aromatic N) is 2. The van der Waals surface area contributed by atoms with E-state index < -0.39 is 0 Å². The van der Waals surface area contributed by atoms with Crippen molar-refractivity contribution in [3.63, 3.8) is 0 Å². The predicted octanol–water partition coefficient (Wildman–Crippen LogP) is 4.43. The maximum atomic E-state index is 5.70. The Morgan fingerprint density at radius 3 is 2.78 bits per heavy atom. The van der Waals surface area contributed by atoms with Crippen LogP contribution in [0.4, 0.5) is 10.8 Å². The first-order chi connectivity index (χ1) is 8.63. The molecule has 6 heteroatoms. The quantitative estimate of drug-likeness (QED) is 0.828. The number of rotatable bonds is 5. The Balaban J connectivity index is 1.97. The minimum atomic E-state index is 0.614. The van der Waals surface area contributed by atoms with Crippen LogP contribution in [0.15, 0.2) is 40.2 Å². The van der Waals surface area contributed by atoms with Crippen molar-refractivity contribution in [1.82, 2.24) is 10.2 Å². The summed E-state index contributed by atoms with van der Waals surface area (Å²) in [4.78, 5) is 0. The van der Waals surface area contributed by atoms with E-state index in [1.165, 1.54) is 28.7 Å². The standard InChI is InChI=1S/C12H12ClN3S2/c1-8-3-5-10(6-4-8)14-11-15-16-12(18-11)17-7-9(2)13/h3-6H,2,7H2,1H3,(H,14,15). The van der Waals surface area contributed by atoms with Gasteiger partial charge in [-0.05, 0) is 19.1 Å². The van der Waals surface area contributed by atoms with Crippen LogP contribution in [0.2, 0.25) is 0 Å². The monoisotopic (exact) mass is 297 g/mol. The van der Waals surface area contributed by atoms with Gasteiger partial charge in [0.1, 0.15) is 0 Å². The van der Waals surface area contributed by atoms with E-state index >= 15 is 0 Å². The zero-order valence-electron chi connectivity index (χ0n) is 9.81. The van der Waals surface area contributed by atoms with Crippen LogP contribution in [0.1, 0.15) is 5.56 Å². The number of halogens is 1. The molecule has 1 N–H and O–H groups in total. The number of hydrogen-bond donors (Lipinski definition) is 1. The molecular weight excluding hydrogens is 286 g/mol. The molecule has 0 aliphatic carbocycles. The van der Waals surface area contributed by atoms with Gasteiger partial charge in [-0.3, -0.25) is 0 Å². The van der Waals surface area contributed by atoms with Crippen molar-refractivity contribution in [1.29, 1.82) is 0 Å². The Morgan fingerprint density at radius 2 is 2.11 bits per heavy atom. The number of nitrogens with one attached hydrogen (secondary N) is 1. The highest BCUT2D eigenvalue weighted by molar-refractivity contribution is 8.01. The first-order valence-corrected chi connectivity index (χ1v) is 7.45. The maximum Gasteiger partial charge on any atom is 0.210 e. The van der Waals surface area contributed by atoms with E-state index in [0.717, 1.165) is 15.2 Å². The van der Waals surface area contributed by atoms with E-state index in [4.69, 9.17) is 11.6 Å². The molecule has 0 saturated heterocycles. The van der Waals surface area contributed by atoms with Crippen molar-refractivity contribution in [3.8, 4) is 0 Å². The zero-order valence-corrected chi connectivity index (χ0v) is 12.2.